The van der Waals surface area contributed by atoms with Gasteiger partial charge in [0.15, 0.2) is 0 Å². The summed E-state index contributed by atoms with van der Waals surface area (Å²) in [4.78, 5) is 0. The van der Waals surface area contributed by atoms with Crippen LogP contribution in [0.1, 0.15) is 17.0 Å². The lowest BCUT2D eigenvalue weighted by molar-refractivity contribution is 0.275. The van der Waals surface area contributed by atoms with Crippen molar-refractivity contribution >= 4 is 0 Å². The van der Waals surface area contributed by atoms with Crippen molar-refractivity contribution in [3.63, 3.8) is 0 Å². The number of rotatable bonds is 6. The summed E-state index contributed by atoms with van der Waals surface area (Å²) in [5, 5.41) is 17.9. The minimum atomic E-state index is -0.126. The predicted octanol–water partition coefficient (Wildman–Crippen LogP) is 2.55. The Bertz CT molecular complexity index is 769. The smallest absolute Gasteiger partial charge is 0.144 e. The number of aliphatic hydroxyl groups is 1. The molecule has 1 aromatic heterocycles. The predicted molar refractivity (Wildman–Crippen MR) is 87.7 cm³/mol. The second kappa shape index (κ2) is 7.07. The number of benzene rings is 2. The Morgan fingerprint density at radius 3 is 2.48 bits per heavy atom. The van der Waals surface area contributed by atoms with E-state index in [-0.39, 0.29) is 6.61 Å². The molecule has 0 aliphatic heterocycles. The molecule has 23 heavy (non-hydrogen) atoms. The van der Waals surface area contributed by atoms with Crippen LogP contribution in [-0.4, -0.2) is 27.2 Å². The van der Waals surface area contributed by atoms with Gasteiger partial charge in [0.25, 0.3) is 0 Å². The number of hydrogen-bond acceptors (Lipinski definition) is 4. The van der Waals surface area contributed by atoms with E-state index >= 15 is 0 Å². The van der Waals surface area contributed by atoms with E-state index in [4.69, 9.17) is 4.74 Å². The molecule has 0 spiro atoms. The van der Waals surface area contributed by atoms with Gasteiger partial charge in [-0.2, -0.15) is 0 Å². The van der Waals surface area contributed by atoms with E-state index in [9.17, 15) is 5.11 Å². The summed E-state index contributed by atoms with van der Waals surface area (Å²) in [5.41, 5.74) is 3.57. The molecule has 0 unspecified atom stereocenters. The number of aromatic nitrogens is 3. The number of hydrogen-bond donors (Lipinski definition) is 1. The van der Waals surface area contributed by atoms with Gasteiger partial charge >= 0.3 is 0 Å². The molecule has 0 amide bonds. The minimum absolute atomic E-state index is 0.126. The molecule has 0 bridgehead atoms. The lowest BCUT2D eigenvalue weighted by atomic mass is 10.1. The molecule has 0 saturated heterocycles. The number of methoxy groups -OCH3 is 1. The van der Waals surface area contributed by atoms with Gasteiger partial charge in [-0.25, -0.2) is 4.68 Å². The molecule has 0 aliphatic carbocycles. The maximum Gasteiger partial charge on any atom is 0.144 e. The lowest BCUT2D eigenvalue weighted by Crippen LogP contribution is -2.07. The zero-order chi connectivity index (χ0) is 16.1. The molecule has 0 radical (unpaired) electrons. The van der Waals surface area contributed by atoms with Crippen molar-refractivity contribution < 1.29 is 9.84 Å². The molecular formula is C18H19N3O2. The van der Waals surface area contributed by atoms with Crippen molar-refractivity contribution in [2.75, 3.05) is 7.11 Å². The molecule has 118 valence electrons. The molecule has 5 nitrogen and oxygen atoms in total. The molecule has 1 N–H and O–H groups in total. The Morgan fingerprint density at radius 2 is 1.74 bits per heavy atom. The molecule has 0 saturated carbocycles. The molecule has 3 aromatic rings. The highest BCUT2D eigenvalue weighted by Gasteiger charge is 2.16. The zero-order valence-corrected chi connectivity index (χ0v) is 13.0. The van der Waals surface area contributed by atoms with Crippen LogP contribution >= 0.6 is 0 Å². The summed E-state index contributed by atoms with van der Waals surface area (Å²) >= 11 is 0. The van der Waals surface area contributed by atoms with Crippen molar-refractivity contribution in [2.24, 2.45) is 0 Å². The molecule has 0 atom stereocenters. The van der Waals surface area contributed by atoms with Crippen molar-refractivity contribution in [2.45, 2.75) is 19.4 Å². The van der Waals surface area contributed by atoms with Crippen molar-refractivity contribution in [3.05, 3.63) is 71.5 Å². The molecule has 0 aliphatic rings. The molecule has 0 fully saturated rings. The molecule has 2 aromatic carbocycles. The quantitative estimate of drug-likeness (QED) is 0.760. The molecule has 1 heterocycles. The third-order valence-electron chi connectivity index (χ3n) is 3.80. The van der Waals surface area contributed by atoms with Crippen LogP contribution in [0.2, 0.25) is 0 Å². The van der Waals surface area contributed by atoms with E-state index in [2.05, 4.69) is 22.4 Å². The van der Waals surface area contributed by atoms with Crippen LogP contribution in [0.5, 0.6) is 5.75 Å². The Labute approximate surface area is 135 Å². The van der Waals surface area contributed by atoms with Gasteiger partial charge in [-0.3, -0.25) is 0 Å². The van der Waals surface area contributed by atoms with Gasteiger partial charge in [-0.15, -0.1) is 5.10 Å². The summed E-state index contributed by atoms with van der Waals surface area (Å²) in [6.07, 6.45) is 1.60. The van der Waals surface area contributed by atoms with Gasteiger partial charge in [-0.05, 0) is 30.5 Å². The Balaban J connectivity index is 1.94. The van der Waals surface area contributed by atoms with Crippen LogP contribution in [0.4, 0.5) is 0 Å². The number of aryl methyl sites for hydroxylation is 1. The summed E-state index contributed by atoms with van der Waals surface area (Å²) in [6, 6.07) is 17.9. The number of ether oxygens (including phenoxy) is 1. The number of aliphatic hydroxyl groups excluding tert-OH is 1. The van der Waals surface area contributed by atoms with Crippen LogP contribution in [0.25, 0.3) is 5.69 Å². The average Bonchev–Trinajstić information content (AvgIpc) is 3.03. The number of para-hydroxylation sites is 2. The first-order chi connectivity index (χ1) is 11.3. The summed E-state index contributed by atoms with van der Waals surface area (Å²) in [6.45, 7) is -0.126. The van der Waals surface area contributed by atoms with E-state index in [0.717, 1.165) is 30.0 Å². The monoisotopic (exact) mass is 309 g/mol. The normalized spacial score (nSPS) is 10.7. The third kappa shape index (κ3) is 3.24. The highest BCUT2D eigenvalue weighted by Crippen LogP contribution is 2.24. The van der Waals surface area contributed by atoms with Crippen LogP contribution in [0.3, 0.4) is 0 Å². The van der Waals surface area contributed by atoms with Gasteiger partial charge in [0.1, 0.15) is 17.1 Å². The zero-order valence-electron chi connectivity index (χ0n) is 13.0. The fourth-order valence-corrected chi connectivity index (χ4v) is 2.61. The first-order valence-electron chi connectivity index (χ1n) is 7.55. The largest absolute Gasteiger partial charge is 0.494 e. The Hall–Kier alpha value is -2.66. The number of nitrogens with zero attached hydrogens (tertiary/aromatic N) is 3. The van der Waals surface area contributed by atoms with Gasteiger partial charge in [0.2, 0.25) is 0 Å². The molecule has 5 heteroatoms. The van der Waals surface area contributed by atoms with Crippen LogP contribution < -0.4 is 4.74 Å². The molecule has 3 rings (SSSR count). The maximum atomic E-state index is 9.56. The first kappa shape index (κ1) is 15.2. The Morgan fingerprint density at radius 1 is 1.00 bits per heavy atom. The standard InChI is InChI=1S/C18H19N3O2/c1-23-18-10-6-5-9-17(18)21-16(15(13-22)19-20-21)12-11-14-7-3-2-4-8-14/h2-10,22H,11-13H2,1H3. The molecular weight excluding hydrogens is 290 g/mol. The second-order valence-corrected chi connectivity index (χ2v) is 5.21. The fraction of sp³-hybridized carbons (Fsp3) is 0.222. The average molecular weight is 309 g/mol. The minimum Gasteiger partial charge on any atom is -0.494 e. The fourth-order valence-electron chi connectivity index (χ4n) is 2.61. The Kier molecular flexibility index (Phi) is 4.68. The summed E-state index contributed by atoms with van der Waals surface area (Å²) < 4.78 is 7.17. The first-order valence-corrected chi connectivity index (χ1v) is 7.55. The second-order valence-electron chi connectivity index (χ2n) is 5.21. The highest BCUT2D eigenvalue weighted by molar-refractivity contribution is 5.47. The van der Waals surface area contributed by atoms with Crippen LogP contribution in [0, 0.1) is 0 Å². The van der Waals surface area contributed by atoms with E-state index in [0.29, 0.717) is 5.69 Å². The summed E-state index contributed by atoms with van der Waals surface area (Å²) in [7, 11) is 1.63. The maximum absolute atomic E-state index is 9.56. The van der Waals surface area contributed by atoms with E-state index in [1.165, 1.54) is 5.56 Å². The van der Waals surface area contributed by atoms with Gasteiger partial charge in [-0.1, -0.05) is 47.7 Å². The lowest BCUT2D eigenvalue weighted by Gasteiger charge is -2.11. The van der Waals surface area contributed by atoms with Crippen LogP contribution in [-0.2, 0) is 19.4 Å². The summed E-state index contributed by atoms with van der Waals surface area (Å²) in [5.74, 6) is 0.725. The van der Waals surface area contributed by atoms with Crippen molar-refractivity contribution in [1.82, 2.24) is 15.0 Å². The van der Waals surface area contributed by atoms with E-state index < -0.39 is 0 Å². The van der Waals surface area contributed by atoms with E-state index in [1.807, 2.05) is 42.5 Å². The van der Waals surface area contributed by atoms with Crippen molar-refractivity contribution in [1.29, 1.82) is 0 Å². The topological polar surface area (TPSA) is 60.2 Å². The van der Waals surface area contributed by atoms with E-state index in [1.54, 1.807) is 11.8 Å². The SMILES string of the molecule is COc1ccccc1-n1nnc(CO)c1CCc1ccccc1. The van der Waals surface area contributed by atoms with Gasteiger partial charge in [0, 0.05) is 0 Å². The van der Waals surface area contributed by atoms with Crippen molar-refractivity contribution in [3.8, 4) is 11.4 Å². The van der Waals surface area contributed by atoms with Gasteiger partial charge < -0.3 is 9.84 Å². The third-order valence-corrected chi connectivity index (χ3v) is 3.80. The highest BCUT2D eigenvalue weighted by atomic mass is 16.5. The van der Waals surface area contributed by atoms with Crippen LogP contribution in [0.15, 0.2) is 54.6 Å². The van der Waals surface area contributed by atoms with Gasteiger partial charge in [0.05, 0.1) is 19.4 Å².